The van der Waals surface area contributed by atoms with Crippen LogP contribution in [-0.4, -0.2) is 76.5 Å². The molecule has 0 atom stereocenters. The molecule has 0 unspecified atom stereocenters. The lowest BCUT2D eigenvalue weighted by atomic mass is 10.1. The molecule has 0 saturated carbocycles. The van der Waals surface area contributed by atoms with Gasteiger partial charge in [-0.25, -0.2) is 4.98 Å². The van der Waals surface area contributed by atoms with E-state index in [9.17, 15) is 4.79 Å². The number of thiazole rings is 1. The van der Waals surface area contributed by atoms with Crippen LogP contribution in [0.5, 0.6) is 17.2 Å². The molecule has 8 nitrogen and oxygen atoms in total. The number of rotatable bonds is 9. The van der Waals surface area contributed by atoms with Crippen molar-refractivity contribution in [3.8, 4) is 17.2 Å². The van der Waals surface area contributed by atoms with Gasteiger partial charge in [0.1, 0.15) is 27.5 Å². The number of ether oxygens (including phenoxy) is 4. The number of carbonyl (C=O) groups excluding carboxylic acids is 1. The first kappa shape index (κ1) is 27.3. The van der Waals surface area contributed by atoms with Crippen LogP contribution in [0.2, 0.25) is 5.02 Å². The predicted octanol–water partition coefficient (Wildman–Crippen LogP) is 4.77. The van der Waals surface area contributed by atoms with Crippen molar-refractivity contribution < 1.29 is 23.7 Å². The molecule has 1 aliphatic rings. The van der Waals surface area contributed by atoms with Gasteiger partial charge in [-0.05, 0) is 36.8 Å². The van der Waals surface area contributed by atoms with Gasteiger partial charge in [0.2, 0.25) is 0 Å². The maximum absolute atomic E-state index is 13.8. The van der Waals surface area contributed by atoms with Gasteiger partial charge < -0.3 is 18.9 Å². The summed E-state index contributed by atoms with van der Waals surface area (Å²) in [6, 6.07) is 8.69. The quantitative estimate of drug-likeness (QED) is 0.386. The van der Waals surface area contributed by atoms with E-state index in [0.29, 0.717) is 45.0 Å². The standard InChI is InChI=1S/C24H28ClN3O5S.ClH/c1-30-18-6-5-16(25)15-17(18)23(29)28(10-4-9-27-11-13-33-14-12-27)24-26-21-19(31-2)7-8-20(32-3)22(21)34-24;/h5-8,15H,4,9-14H2,1-3H3;1H. The summed E-state index contributed by atoms with van der Waals surface area (Å²) in [5, 5.41) is 1.02. The van der Waals surface area contributed by atoms with E-state index in [0.717, 1.165) is 44.0 Å². The molecule has 2 heterocycles. The monoisotopic (exact) mass is 541 g/mol. The minimum Gasteiger partial charge on any atom is -0.496 e. The van der Waals surface area contributed by atoms with Crippen molar-refractivity contribution in [2.75, 3.05) is 65.6 Å². The molecular weight excluding hydrogens is 513 g/mol. The molecule has 4 rings (SSSR count). The van der Waals surface area contributed by atoms with Crippen molar-refractivity contribution >= 4 is 56.6 Å². The molecule has 0 N–H and O–H groups in total. The minimum atomic E-state index is -0.224. The fraction of sp³-hybridized carbons (Fsp3) is 0.417. The van der Waals surface area contributed by atoms with Crippen LogP contribution in [0.3, 0.4) is 0 Å². The highest BCUT2D eigenvalue weighted by molar-refractivity contribution is 7.22. The SMILES string of the molecule is COc1ccc(Cl)cc1C(=O)N(CCCN1CCOCC1)c1nc2c(OC)ccc(OC)c2s1.Cl. The van der Waals surface area contributed by atoms with Crippen molar-refractivity contribution in [3.05, 3.63) is 40.9 Å². The lowest BCUT2D eigenvalue weighted by Gasteiger charge is -2.28. The first-order valence-electron chi connectivity index (χ1n) is 11.0. The van der Waals surface area contributed by atoms with E-state index in [2.05, 4.69) is 4.90 Å². The van der Waals surface area contributed by atoms with Crippen LogP contribution in [0.1, 0.15) is 16.8 Å². The molecule has 1 amide bonds. The average molecular weight is 542 g/mol. The van der Waals surface area contributed by atoms with Crippen molar-refractivity contribution in [1.29, 1.82) is 0 Å². The van der Waals surface area contributed by atoms with Crippen LogP contribution in [0.15, 0.2) is 30.3 Å². The van der Waals surface area contributed by atoms with Crippen molar-refractivity contribution in [3.63, 3.8) is 0 Å². The Morgan fingerprint density at radius 3 is 2.43 bits per heavy atom. The molecule has 1 fully saturated rings. The van der Waals surface area contributed by atoms with Crippen LogP contribution in [0.4, 0.5) is 5.13 Å². The Bertz CT molecular complexity index is 1110. The predicted molar refractivity (Wildman–Crippen MR) is 142 cm³/mol. The molecule has 0 spiro atoms. The second kappa shape index (κ2) is 12.6. The number of morpholine rings is 1. The number of halogens is 2. The third-order valence-electron chi connectivity index (χ3n) is 5.73. The van der Waals surface area contributed by atoms with E-state index in [-0.39, 0.29) is 18.3 Å². The first-order chi connectivity index (χ1) is 16.5. The third-order valence-corrected chi connectivity index (χ3v) is 7.05. The number of carbonyl (C=O) groups is 1. The van der Waals surface area contributed by atoms with Gasteiger partial charge in [0.15, 0.2) is 5.13 Å². The number of amides is 1. The van der Waals surface area contributed by atoms with Gasteiger partial charge >= 0.3 is 0 Å². The topological polar surface area (TPSA) is 73.4 Å². The van der Waals surface area contributed by atoms with Crippen LogP contribution in [0, 0.1) is 0 Å². The Balaban J connectivity index is 0.00000342. The normalized spacial score (nSPS) is 13.8. The largest absolute Gasteiger partial charge is 0.496 e. The smallest absolute Gasteiger partial charge is 0.263 e. The molecule has 190 valence electrons. The first-order valence-corrected chi connectivity index (χ1v) is 12.2. The molecule has 0 aliphatic carbocycles. The van der Waals surface area contributed by atoms with Crippen LogP contribution in [-0.2, 0) is 4.74 Å². The number of aromatic nitrogens is 1. The third kappa shape index (κ3) is 6.10. The Kier molecular flexibility index (Phi) is 9.82. The van der Waals surface area contributed by atoms with Crippen molar-refractivity contribution in [2.45, 2.75) is 6.42 Å². The maximum atomic E-state index is 13.8. The number of nitrogens with zero attached hydrogens (tertiary/aromatic N) is 3. The molecule has 0 radical (unpaired) electrons. The molecular formula is C24H29Cl2N3O5S. The molecule has 3 aromatic rings. The van der Waals surface area contributed by atoms with E-state index < -0.39 is 0 Å². The van der Waals surface area contributed by atoms with Gasteiger partial charge in [0, 0.05) is 31.2 Å². The highest BCUT2D eigenvalue weighted by Crippen LogP contribution is 2.40. The summed E-state index contributed by atoms with van der Waals surface area (Å²) in [7, 11) is 4.75. The molecule has 2 aromatic carbocycles. The Hall–Kier alpha value is -2.30. The summed E-state index contributed by atoms with van der Waals surface area (Å²) in [4.78, 5) is 22.6. The fourth-order valence-corrected chi connectivity index (χ4v) is 5.21. The number of anilines is 1. The summed E-state index contributed by atoms with van der Waals surface area (Å²) in [5.74, 6) is 1.54. The zero-order valence-electron chi connectivity index (χ0n) is 19.9. The zero-order valence-corrected chi connectivity index (χ0v) is 22.3. The van der Waals surface area contributed by atoms with E-state index >= 15 is 0 Å². The second-order valence-corrected chi connectivity index (χ2v) is 9.17. The average Bonchev–Trinajstić information content (AvgIpc) is 3.31. The lowest BCUT2D eigenvalue weighted by molar-refractivity contribution is 0.0376. The number of methoxy groups -OCH3 is 3. The minimum absolute atomic E-state index is 0. The Morgan fingerprint density at radius 2 is 1.74 bits per heavy atom. The fourth-order valence-electron chi connectivity index (χ4n) is 3.94. The molecule has 35 heavy (non-hydrogen) atoms. The van der Waals surface area contributed by atoms with E-state index in [1.54, 1.807) is 37.3 Å². The van der Waals surface area contributed by atoms with Gasteiger partial charge in [0.25, 0.3) is 5.91 Å². The highest BCUT2D eigenvalue weighted by atomic mass is 35.5. The van der Waals surface area contributed by atoms with Gasteiger partial charge in [-0.2, -0.15) is 0 Å². The van der Waals surface area contributed by atoms with Crippen molar-refractivity contribution in [2.24, 2.45) is 0 Å². The van der Waals surface area contributed by atoms with Gasteiger partial charge in [-0.3, -0.25) is 14.6 Å². The molecule has 1 saturated heterocycles. The van der Waals surface area contributed by atoms with Crippen LogP contribution in [0.25, 0.3) is 10.2 Å². The van der Waals surface area contributed by atoms with Gasteiger partial charge in [0.05, 0.1) is 40.1 Å². The maximum Gasteiger partial charge on any atom is 0.263 e. The summed E-state index contributed by atoms with van der Waals surface area (Å²) >= 11 is 7.62. The highest BCUT2D eigenvalue weighted by Gasteiger charge is 2.26. The second-order valence-electron chi connectivity index (χ2n) is 7.75. The number of benzene rings is 2. The number of hydrogen-bond acceptors (Lipinski definition) is 8. The molecule has 0 bridgehead atoms. The molecule has 1 aliphatic heterocycles. The van der Waals surface area contributed by atoms with E-state index in [1.165, 1.54) is 18.4 Å². The van der Waals surface area contributed by atoms with E-state index in [4.69, 9.17) is 35.5 Å². The van der Waals surface area contributed by atoms with Crippen LogP contribution < -0.4 is 19.1 Å². The zero-order chi connectivity index (χ0) is 24.1. The summed E-state index contributed by atoms with van der Waals surface area (Å²) in [6.45, 7) is 4.60. The Labute approximate surface area is 220 Å². The van der Waals surface area contributed by atoms with Gasteiger partial charge in [-0.1, -0.05) is 22.9 Å². The molecule has 11 heteroatoms. The van der Waals surface area contributed by atoms with Gasteiger partial charge in [-0.15, -0.1) is 12.4 Å². The molecule has 1 aromatic heterocycles. The lowest BCUT2D eigenvalue weighted by Crippen LogP contribution is -2.39. The number of hydrogen-bond donors (Lipinski definition) is 0. The summed E-state index contributed by atoms with van der Waals surface area (Å²) in [5.41, 5.74) is 1.05. The van der Waals surface area contributed by atoms with Crippen LogP contribution >= 0.6 is 35.3 Å². The summed E-state index contributed by atoms with van der Waals surface area (Å²) < 4.78 is 22.8. The summed E-state index contributed by atoms with van der Waals surface area (Å²) in [6.07, 6.45) is 0.777. The Morgan fingerprint density at radius 1 is 1.09 bits per heavy atom. The van der Waals surface area contributed by atoms with Crippen molar-refractivity contribution in [1.82, 2.24) is 9.88 Å². The number of fused-ring (bicyclic) bond motifs is 1. The van der Waals surface area contributed by atoms with E-state index in [1.807, 2.05) is 12.1 Å².